The van der Waals surface area contributed by atoms with Gasteiger partial charge in [0.1, 0.15) is 5.00 Å². The normalized spacial score (nSPS) is 11.9. The van der Waals surface area contributed by atoms with Crippen molar-refractivity contribution < 1.29 is 14.0 Å². The molecule has 0 fully saturated rings. The third-order valence-corrected chi connectivity index (χ3v) is 5.01. The molecule has 0 aliphatic heterocycles. The van der Waals surface area contributed by atoms with E-state index in [1.165, 1.54) is 11.3 Å². The lowest BCUT2D eigenvalue weighted by molar-refractivity contribution is -0.115. The van der Waals surface area contributed by atoms with Crippen LogP contribution in [0.25, 0.3) is 11.5 Å². The van der Waals surface area contributed by atoms with Crippen molar-refractivity contribution in [1.82, 2.24) is 10.2 Å². The molecular formula is C16H14N4O3S2. The first-order chi connectivity index (χ1) is 12.0. The number of primary amides is 1. The van der Waals surface area contributed by atoms with Gasteiger partial charge in [-0.1, -0.05) is 30.0 Å². The molecule has 7 nitrogen and oxygen atoms in total. The minimum atomic E-state index is -0.582. The molecule has 3 N–H and O–H groups in total. The number of hydrogen-bond donors (Lipinski definition) is 2. The van der Waals surface area contributed by atoms with Crippen molar-refractivity contribution in [2.24, 2.45) is 5.73 Å². The average Bonchev–Trinajstić information content (AvgIpc) is 3.25. The smallest absolute Gasteiger partial charge is 0.277 e. The number of amides is 2. The molecule has 0 saturated carbocycles. The number of carbonyl (C=O) groups is 2. The number of hydrogen-bond acceptors (Lipinski definition) is 7. The third kappa shape index (κ3) is 4.06. The number of thioether (sulfide) groups is 1. The fourth-order valence-electron chi connectivity index (χ4n) is 1.97. The quantitative estimate of drug-likeness (QED) is 0.642. The van der Waals surface area contributed by atoms with E-state index in [4.69, 9.17) is 10.2 Å². The highest BCUT2D eigenvalue weighted by Crippen LogP contribution is 2.28. The van der Waals surface area contributed by atoms with Gasteiger partial charge in [-0.2, -0.15) is 0 Å². The van der Waals surface area contributed by atoms with Crippen molar-refractivity contribution in [3.05, 3.63) is 47.3 Å². The summed E-state index contributed by atoms with van der Waals surface area (Å²) in [5.74, 6) is -0.472. The predicted molar refractivity (Wildman–Crippen MR) is 96.5 cm³/mol. The Hall–Kier alpha value is -2.65. The zero-order valence-electron chi connectivity index (χ0n) is 13.1. The lowest BCUT2D eigenvalue weighted by Crippen LogP contribution is -2.23. The second-order valence-corrected chi connectivity index (χ2v) is 7.22. The monoisotopic (exact) mass is 374 g/mol. The Bertz CT molecular complexity index is 892. The maximum atomic E-state index is 12.3. The number of carbonyl (C=O) groups excluding carboxylic acids is 2. The van der Waals surface area contributed by atoms with Crippen molar-refractivity contribution in [3.8, 4) is 11.5 Å². The number of benzene rings is 1. The Morgan fingerprint density at radius 3 is 2.72 bits per heavy atom. The molecule has 2 aromatic heterocycles. The number of aromatic nitrogens is 2. The summed E-state index contributed by atoms with van der Waals surface area (Å²) in [7, 11) is 0. The summed E-state index contributed by atoms with van der Waals surface area (Å²) in [5.41, 5.74) is 6.37. The van der Waals surface area contributed by atoms with E-state index in [9.17, 15) is 9.59 Å². The first kappa shape index (κ1) is 17.2. The number of rotatable bonds is 6. The van der Waals surface area contributed by atoms with Crippen LogP contribution < -0.4 is 11.1 Å². The van der Waals surface area contributed by atoms with Gasteiger partial charge in [0.05, 0.1) is 10.8 Å². The SMILES string of the molecule is C[C@H](Sc1nnc(-c2ccccc2)o1)C(=O)Nc1sccc1C(N)=O. The van der Waals surface area contributed by atoms with Crippen molar-refractivity contribution in [3.63, 3.8) is 0 Å². The second kappa shape index (κ2) is 7.49. The fourth-order valence-corrected chi connectivity index (χ4v) is 3.45. The van der Waals surface area contributed by atoms with Crippen LogP contribution in [0.2, 0.25) is 0 Å². The minimum absolute atomic E-state index is 0.283. The zero-order chi connectivity index (χ0) is 17.8. The lowest BCUT2D eigenvalue weighted by Gasteiger charge is -2.09. The van der Waals surface area contributed by atoms with Crippen LogP contribution >= 0.6 is 23.1 Å². The summed E-state index contributed by atoms with van der Waals surface area (Å²) in [6.45, 7) is 1.71. The van der Waals surface area contributed by atoms with Gasteiger partial charge in [-0.05, 0) is 30.5 Å². The van der Waals surface area contributed by atoms with Gasteiger partial charge in [0.25, 0.3) is 11.1 Å². The summed E-state index contributed by atoms with van der Waals surface area (Å²) < 4.78 is 5.58. The highest BCUT2D eigenvalue weighted by Gasteiger charge is 2.21. The molecule has 9 heteroatoms. The molecule has 2 amide bonds. The van der Waals surface area contributed by atoms with E-state index >= 15 is 0 Å². The molecule has 25 heavy (non-hydrogen) atoms. The average molecular weight is 374 g/mol. The molecule has 0 bridgehead atoms. The van der Waals surface area contributed by atoms with Crippen LogP contribution in [-0.2, 0) is 4.79 Å². The first-order valence-electron chi connectivity index (χ1n) is 7.28. The predicted octanol–water partition coefficient (Wildman–Crippen LogP) is 3.02. The van der Waals surface area contributed by atoms with E-state index in [0.29, 0.717) is 21.7 Å². The molecular weight excluding hydrogens is 360 g/mol. The second-order valence-electron chi connectivity index (χ2n) is 5.02. The molecule has 2 heterocycles. The summed E-state index contributed by atoms with van der Waals surface area (Å²) in [4.78, 5) is 23.6. The number of thiophene rings is 1. The van der Waals surface area contributed by atoms with Gasteiger partial charge in [0, 0.05) is 5.56 Å². The van der Waals surface area contributed by atoms with Crippen LogP contribution in [0.4, 0.5) is 5.00 Å². The van der Waals surface area contributed by atoms with Crippen molar-refractivity contribution >= 4 is 39.9 Å². The number of nitrogens with two attached hydrogens (primary N) is 1. The molecule has 3 aromatic rings. The highest BCUT2D eigenvalue weighted by molar-refractivity contribution is 8.00. The van der Waals surface area contributed by atoms with Crippen LogP contribution in [0.15, 0.2) is 51.4 Å². The van der Waals surface area contributed by atoms with Gasteiger partial charge in [-0.3, -0.25) is 9.59 Å². The maximum absolute atomic E-state index is 12.3. The Kier molecular flexibility index (Phi) is 5.15. The highest BCUT2D eigenvalue weighted by atomic mass is 32.2. The fraction of sp³-hybridized carbons (Fsp3) is 0.125. The maximum Gasteiger partial charge on any atom is 0.277 e. The standard InChI is InChI=1S/C16H14N4O3S2/c1-9(13(22)18-15-11(12(17)21)7-8-24-15)25-16-20-19-14(23-16)10-5-3-2-4-6-10/h2-9H,1H3,(H2,17,21)(H,18,22)/t9-/m0/s1. The zero-order valence-corrected chi connectivity index (χ0v) is 14.8. The number of nitrogens with zero attached hydrogens (tertiary/aromatic N) is 2. The summed E-state index contributed by atoms with van der Waals surface area (Å²) in [5, 5.41) is 12.6. The molecule has 0 unspecified atom stereocenters. The van der Waals surface area contributed by atoms with Gasteiger partial charge in [0.15, 0.2) is 0 Å². The van der Waals surface area contributed by atoms with Crippen molar-refractivity contribution in [2.75, 3.05) is 5.32 Å². The van der Waals surface area contributed by atoms with Crippen molar-refractivity contribution in [2.45, 2.75) is 17.4 Å². The minimum Gasteiger partial charge on any atom is -0.411 e. The molecule has 128 valence electrons. The van der Waals surface area contributed by atoms with Crippen LogP contribution in [0.5, 0.6) is 0 Å². The Morgan fingerprint density at radius 2 is 2.00 bits per heavy atom. The Morgan fingerprint density at radius 1 is 1.24 bits per heavy atom. The number of anilines is 1. The summed E-state index contributed by atoms with van der Waals surface area (Å²) in [6, 6.07) is 10.9. The number of nitrogens with one attached hydrogen (secondary N) is 1. The van der Waals surface area contributed by atoms with Crippen molar-refractivity contribution in [1.29, 1.82) is 0 Å². The molecule has 0 spiro atoms. The molecule has 0 aliphatic carbocycles. The van der Waals surface area contributed by atoms with E-state index in [0.717, 1.165) is 17.3 Å². The third-order valence-electron chi connectivity index (χ3n) is 3.24. The van der Waals surface area contributed by atoms with E-state index in [1.807, 2.05) is 30.3 Å². The topological polar surface area (TPSA) is 111 Å². The van der Waals surface area contributed by atoms with E-state index < -0.39 is 11.2 Å². The molecule has 0 aliphatic rings. The summed E-state index contributed by atoms with van der Waals surface area (Å²) in [6.07, 6.45) is 0. The van der Waals surface area contributed by atoms with Crippen LogP contribution in [0.1, 0.15) is 17.3 Å². The van der Waals surface area contributed by atoms with E-state index in [1.54, 1.807) is 18.4 Å². The van der Waals surface area contributed by atoms with Gasteiger partial charge in [0.2, 0.25) is 11.8 Å². The largest absolute Gasteiger partial charge is 0.411 e. The van der Waals surface area contributed by atoms with Gasteiger partial charge in [-0.15, -0.1) is 21.5 Å². The van der Waals surface area contributed by atoms with Crippen LogP contribution in [-0.4, -0.2) is 27.3 Å². The molecule has 0 radical (unpaired) electrons. The lowest BCUT2D eigenvalue weighted by atomic mass is 10.2. The van der Waals surface area contributed by atoms with Gasteiger partial charge in [-0.25, -0.2) is 0 Å². The van der Waals surface area contributed by atoms with E-state index in [2.05, 4.69) is 15.5 Å². The Labute approximate surface area is 151 Å². The van der Waals surface area contributed by atoms with E-state index in [-0.39, 0.29) is 5.91 Å². The van der Waals surface area contributed by atoms with Crippen LogP contribution in [0.3, 0.4) is 0 Å². The Balaban J connectivity index is 1.65. The summed E-state index contributed by atoms with van der Waals surface area (Å²) >= 11 is 2.38. The van der Waals surface area contributed by atoms with Gasteiger partial charge < -0.3 is 15.5 Å². The molecule has 1 aromatic carbocycles. The van der Waals surface area contributed by atoms with Crippen LogP contribution in [0, 0.1) is 0 Å². The first-order valence-corrected chi connectivity index (χ1v) is 9.04. The molecule has 0 saturated heterocycles. The molecule has 3 rings (SSSR count). The molecule has 1 atom stereocenters. The van der Waals surface area contributed by atoms with Gasteiger partial charge >= 0.3 is 0 Å².